The lowest BCUT2D eigenvalue weighted by molar-refractivity contribution is 0.0368. The Hall–Kier alpha value is -1.52. The Bertz CT molecular complexity index is 320. The lowest BCUT2D eigenvalue weighted by atomic mass is 10.2. The van der Waals surface area contributed by atoms with Gasteiger partial charge in [-0.3, -0.25) is 0 Å². The van der Waals surface area contributed by atoms with E-state index in [0.29, 0.717) is 17.1 Å². The molecule has 14 heavy (non-hydrogen) atoms. The van der Waals surface area contributed by atoms with Crippen LogP contribution in [0.5, 0.6) is 0 Å². The fourth-order valence-electron chi connectivity index (χ4n) is 0.942. The maximum atomic E-state index is 12.5. The van der Waals surface area contributed by atoms with Crippen LogP contribution in [0.15, 0.2) is 18.2 Å². The average Bonchev–Trinajstić information content (AvgIpc) is 2.06. The van der Waals surface area contributed by atoms with Gasteiger partial charge in [0, 0.05) is 12.6 Å². The molecule has 0 fully saturated rings. The van der Waals surface area contributed by atoms with E-state index >= 15 is 0 Å². The third kappa shape index (κ3) is 3.08. The molecule has 0 amide bonds. The van der Waals surface area contributed by atoms with Gasteiger partial charge in [0.05, 0.1) is 17.9 Å². The molecule has 1 aromatic rings. The number of hydrogen-bond donors (Lipinski definition) is 3. The minimum Gasteiger partial charge on any atom is -0.397 e. The lowest BCUT2D eigenvalue weighted by Gasteiger charge is -2.13. The van der Waals surface area contributed by atoms with Crippen molar-refractivity contribution in [2.24, 2.45) is 0 Å². The summed E-state index contributed by atoms with van der Waals surface area (Å²) < 4.78 is 24.9. The molecule has 0 aliphatic heterocycles. The van der Waals surface area contributed by atoms with E-state index in [1.807, 2.05) is 0 Å². The van der Waals surface area contributed by atoms with Gasteiger partial charge in [0.2, 0.25) is 0 Å². The smallest absolute Gasteiger partial charge is 0.262 e. The highest BCUT2D eigenvalue weighted by molar-refractivity contribution is 5.69. The van der Waals surface area contributed by atoms with Gasteiger partial charge in [-0.05, 0) is 18.2 Å². The highest BCUT2D eigenvalue weighted by Gasteiger charge is 2.20. The monoisotopic (exact) mass is 201 g/mol. The third-order valence-corrected chi connectivity index (χ3v) is 1.69. The Morgan fingerprint density at radius 1 is 1.29 bits per heavy atom. The van der Waals surface area contributed by atoms with Crippen LogP contribution < -0.4 is 16.8 Å². The SMILES string of the molecule is CC(F)(F)CNc1ccc(N)c(N)c1. The predicted molar refractivity (Wildman–Crippen MR) is 54.4 cm³/mol. The Morgan fingerprint density at radius 2 is 1.93 bits per heavy atom. The molecular formula is C9H13F2N3. The number of benzene rings is 1. The van der Waals surface area contributed by atoms with E-state index in [2.05, 4.69) is 5.32 Å². The van der Waals surface area contributed by atoms with Crippen molar-refractivity contribution in [1.29, 1.82) is 0 Å². The molecule has 0 unspecified atom stereocenters. The molecule has 1 aromatic carbocycles. The van der Waals surface area contributed by atoms with Crippen molar-refractivity contribution >= 4 is 17.1 Å². The second kappa shape index (κ2) is 3.69. The number of alkyl halides is 2. The van der Waals surface area contributed by atoms with Crippen LogP contribution in [0.2, 0.25) is 0 Å². The first-order valence-electron chi connectivity index (χ1n) is 4.15. The number of halogens is 2. The maximum absolute atomic E-state index is 12.5. The molecule has 0 heterocycles. The van der Waals surface area contributed by atoms with Crippen molar-refractivity contribution in [1.82, 2.24) is 0 Å². The first kappa shape index (κ1) is 10.6. The Labute approximate surface area is 81.1 Å². The highest BCUT2D eigenvalue weighted by Crippen LogP contribution is 2.20. The van der Waals surface area contributed by atoms with Crippen LogP contribution in [-0.4, -0.2) is 12.5 Å². The van der Waals surface area contributed by atoms with Crippen molar-refractivity contribution < 1.29 is 8.78 Å². The van der Waals surface area contributed by atoms with E-state index in [1.165, 1.54) is 6.07 Å². The van der Waals surface area contributed by atoms with Gasteiger partial charge in [-0.1, -0.05) is 0 Å². The van der Waals surface area contributed by atoms with Gasteiger partial charge < -0.3 is 16.8 Å². The topological polar surface area (TPSA) is 64.1 Å². The molecule has 0 spiro atoms. The number of nitrogen functional groups attached to an aromatic ring is 2. The number of anilines is 3. The largest absolute Gasteiger partial charge is 0.397 e. The quantitative estimate of drug-likeness (QED) is 0.654. The molecule has 0 atom stereocenters. The van der Waals surface area contributed by atoms with Gasteiger partial charge in [0.25, 0.3) is 5.92 Å². The average molecular weight is 201 g/mol. The van der Waals surface area contributed by atoms with E-state index in [4.69, 9.17) is 11.5 Å². The molecule has 1 rings (SSSR count). The van der Waals surface area contributed by atoms with Crippen molar-refractivity contribution in [3.8, 4) is 0 Å². The summed E-state index contributed by atoms with van der Waals surface area (Å²) in [6.45, 7) is 0.428. The summed E-state index contributed by atoms with van der Waals surface area (Å²) in [6.07, 6.45) is 0. The second-order valence-electron chi connectivity index (χ2n) is 3.27. The predicted octanol–water partition coefficient (Wildman–Crippen LogP) is 1.92. The number of nitrogens with two attached hydrogens (primary N) is 2. The number of hydrogen-bond acceptors (Lipinski definition) is 3. The standard InChI is InChI=1S/C9H13F2N3/c1-9(10,11)5-14-6-2-3-7(12)8(13)4-6/h2-4,14H,5,12-13H2,1H3. The van der Waals surface area contributed by atoms with Crippen LogP contribution >= 0.6 is 0 Å². The van der Waals surface area contributed by atoms with Gasteiger partial charge in [-0.2, -0.15) is 0 Å². The van der Waals surface area contributed by atoms with Gasteiger partial charge in [-0.15, -0.1) is 0 Å². The Balaban J connectivity index is 2.65. The third-order valence-electron chi connectivity index (χ3n) is 1.69. The van der Waals surface area contributed by atoms with Crippen LogP contribution in [0.3, 0.4) is 0 Å². The summed E-state index contributed by atoms with van der Waals surface area (Å²) in [4.78, 5) is 0. The molecule has 0 saturated carbocycles. The zero-order valence-corrected chi connectivity index (χ0v) is 7.85. The molecule has 0 aromatic heterocycles. The number of nitrogens with one attached hydrogen (secondary N) is 1. The first-order valence-corrected chi connectivity index (χ1v) is 4.15. The van der Waals surface area contributed by atoms with Crippen molar-refractivity contribution in [2.45, 2.75) is 12.8 Å². The fourth-order valence-corrected chi connectivity index (χ4v) is 0.942. The zero-order chi connectivity index (χ0) is 10.8. The molecule has 0 aliphatic carbocycles. The molecule has 3 nitrogen and oxygen atoms in total. The molecule has 0 radical (unpaired) electrons. The second-order valence-corrected chi connectivity index (χ2v) is 3.27. The number of rotatable bonds is 3. The summed E-state index contributed by atoms with van der Waals surface area (Å²) in [5.41, 5.74) is 12.3. The van der Waals surface area contributed by atoms with E-state index in [9.17, 15) is 8.78 Å². The summed E-state index contributed by atoms with van der Waals surface area (Å²) >= 11 is 0. The van der Waals surface area contributed by atoms with E-state index in [0.717, 1.165) is 6.92 Å². The van der Waals surface area contributed by atoms with Gasteiger partial charge in [0.1, 0.15) is 0 Å². The maximum Gasteiger partial charge on any atom is 0.262 e. The van der Waals surface area contributed by atoms with Gasteiger partial charge in [-0.25, -0.2) is 8.78 Å². The summed E-state index contributed by atoms with van der Waals surface area (Å²) in [5.74, 6) is -2.74. The van der Waals surface area contributed by atoms with E-state index < -0.39 is 12.5 Å². The van der Waals surface area contributed by atoms with Crippen LogP contribution in [-0.2, 0) is 0 Å². The van der Waals surface area contributed by atoms with Crippen LogP contribution in [0.1, 0.15) is 6.92 Å². The summed E-state index contributed by atoms with van der Waals surface area (Å²) in [5, 5.41) is 2.57. The molecule has 5 heteroatoms. The molecule has 0 bridgehead atoms. The lowest BCUT2D eigenvalue weighted by Crippen LogP contribution is -2.22. The normalized spacial score (nSPS) is 11.4. The Kier molecular flexibility index (Phi) is 2.78. The fraction of sp³-hybridized carbons (Fsp3) is 0.333. The molecule has 5 N–H and O–H groups in total. The molecular weight excluding hydrogens is 188 g/mol. The van der Waals surface area contributed by atoms with E-state index in [1.54, 1.807) is 12.1 Å². The summed E-state index contributed by atoms with van der Waals surface area (Å²) in [7, 11) is 0. The molecule has 0 saturated heterocycles. The minimum absolute atomic E-state index is 0.384. The summed E-state index contributed by atoms with van der Waals surface area (Å²) in [6, 6.07) is 4.71. The van der Waals surface area contributed by atoms with Crippen LogP contribution in [0, 0.1) is 0 Å². The first-order chi connectivity index (χ1) is 6.38. The van der Waals surface area contributed by atoms with Crippen LogP contribution in [0.4, 0.5) is 25.8 Å². The minimum atomic E-state index is -2.74. The molecule has 78 valence electrons. The highest BCUT2D eigenvalue weighted by atomic mass is 19.3. The van der Waals surface area contributed by atoms with Gasteiger partial charge >= 0.3 is 0 Å². The van der Waals surface area contributed by atoms with Crippen molar-refractivity contribution in [2.75, 3.05) is 23.3 Å². The van der Waals surface area contributed by atoms with Crippen LogP contribution in [0.25, 0.3) is 0 Å². The molecule has 0 aliphatic rings. The zero-order valence-electron chi connectivity index (χ0n) is 7.85. The van der Waals surface area contributed by atoms with Crippen molar-refractivity contribution in [3.05, 3.63) is 18.2 Å². The van der Waals surface area contributed by atoms with Gasteiger partial charge in [0.15, 0.2) is 0 Å². The van der Waals surface area contributed by atoms with E-state index in [-0.39, 0.29) is 0 Å². The van der Waals surface area contributed by atoms with Crippen molar-refractivity contribution in [3.63, 3.8) is 0 Å². The Morgan fingerprint density at radius 3 is 2.43 bits per heavy atom.